The van der Waals surface area contributed by atoms with Crippen molar-refractivity contribution in [2.45, 2.75) is 75.9 Å². The average Bonchev–Trinajstić information content (AvgIpc) is 2.71. The van der Waals surface area contributed by atoms with Crippen LogP contribution >= 0.6 is 0 Å². The van der Waals surface area contributed by atoms with Gasteiger partial charge in [0.15, 0.2) is 0 Å². The number of nitrogens with two attached hydrogens (primary N) is 1. The Morgan fingerprint density at radius 1 is 1.13 bits per heavy atom. The molecule has 15 heavy (non-hydrogen) atoms. The molecule has 0 bridgehead atoms. The SMILES string of the molecule is NC1(CCCC2CCCO2)CCCCC1. The molecule has 2 aliphatic rings. The molecule has 0 aromatic carbocycles. The molecular formula is C13H25NO. The first-order chi connectivity index (χ1) is 7.29. The minimum atomic E-state index is 0.177. The van der Waals surface area contributed by atoms with Crippen molar-refractivity contribution >= 4 is 0 Å². The predicted molar refractivity (Wildman–Crippen MR) is 62.8 cm³/mol. The smallest absolute Gasteiger partial charge is 0.0576 e. The third kappa shape index (κ3) is 3.46. The van der Waals surface area contributed by atoms with E-state index in [-0.39, 0.29) is 5.54 Å². The van der Waals surface area contributed by atoms with E-state index >= 15 is 0 Å². The highest BCUT2D eigenvalue weighted by Crippen LogP contribution is 2.31. The van der Waals surface area contributed by atoms with Gasteiger partial charge in [-0.3, -0.25) is 0 Å². The molecule has 2 fully saturated rings. The molecule has 88 valence electrons. The summed E-state index contributed by atoms with van der Waals surface area (Å²) in [5, 5.41) is 0. The summed E-state index contributed by atoms with van der Waals surface area (Å²) in [5.74, 6) is 0. The second kappa shape index (κ2) is 5.31. The minimum Gasteiger partial charge on any atom is -0.378 e. The second-order valence-corrected chi connectivity index (χ2v) is 5.45. The van der Waals surface area contributed by atoms with Crippen molar-refractivity contribution in [3.05, 3.63) is 0 Å². The third-order valence-electron chi connectivity index (χ3n) is 4.07. The minimum absolute atomic E-state index is 0.177. The molecule has 2 N–H and O–H groups in total. The summed E-state index contributed by atoms with van der Waals surface area (Å²) in [5.41, 5.74) is 6.58. The van der Waals surface area contributed by atoms with Gasteiger partial charge in [-0.15, -0.1) is 0 Å². The topological polar surface area (TPSA) is 35.2 Å². The maximum atomic E-state index is 6.40. The molecule has 2 rings (SSSR count). The van der Waals surface area contributed by atoms with Crippen LogP contribution in [0.2, 0.25) is 0 Å². The molecule has 0 amide bonds. The van der Waals surface area contributed by atoms with Crippen molar-refractivity contribution in [2.24, 2.45) is 5.73 Å². The maximum absolute atomic E-state index is 6.40. The summed E-state index contributed by atoms with van der Waals surface area (Å²) in [4.78, 5) is 0. The Bertz CT molecular complexity index is 181. The van der Waals surface area contributed by atoms with Gasteiger partial charge >= 0.3 is 0 Å². The van der Waals surface area contributed by atoms with Crippen molar-refractivity contribution in [3.8, 4) is 0 Å². The lowest BCUT2D eigenvalue weighted by Gasteiger charge is -2.33. The van der Waals surface area contributed by atoms with Crippen LogP contribution in [0.25, 0.3) is 0 Å². The molecule has 1 aliphatic carbocycles. The predicted octanol–water partition coefficient (Wildman–Crippen LogP) is 3.00. The highest BCUT2D eigenvalue weighted by Gasteiger charge is 2.27. The molecule has 1 heterocycles. The van der Waals surface area contributed by atoms with Crippen LogP contribution in [-0.4, -0.2) is 18.2 Å². The van der Waals surface area contributed by atoms with Crippen LogP contribution in [-0.2, 0) is 4.74 Å². The summed E-state index contributed by atoms with van der Waals surface area (Å²) in [6.07, 6.45) is 13.4. The van der Waals surface area contributed by atoms with Gasteiger partial charge in [0.1, 0.15) is 0 Å². The number of hydrogen-bond acceptors (Lipinski definition) is 2. The van der Waals surface area contributed by atoms with Crippen LogP contribution in [0.1, 0.15) is 64.2 Å². The normalized spacial score (nSPS) is 30.6. The van der Waals surface area contributed by atoms with Crippen LogP contribution in [0.15, 0.2) is 0 Å². The first-order valence-corrected chi connectivity index (χ1v) is 6.69. The molecule has 0 radical (unpaired) electrons. The third-order valence-corrected chi connectivity index (χ3v) is 4.07. The Morgan fingerprint density at radius 3 is 2.60 bits per heavy atom. The van der Waals surface area contributed by atoms with Gasteiger partial charge in [0.05, 0.1) is 6.10 Å². The van der Waals surface area contributed by atoms with Crippen LogP contribution in [0, 0.1) is 0 Å². The molecule has 0 aromatic rings. The van der Waals surface area contributed by atoms with Crippen molar-refractivity contribution in [1.29, 1.82) is 0 Å². The molecule has 0 spiro atoms. The molecule has 1 aliphatic heterocycles. The van der Waals surface area contributed by atoms with Crippen molar-refractivity contribution in [1.82, 2.24) is 0 Å². The van der Waals surface area contributed by atoms with Crippen LogP contribution in [0.3, 0.4) is 0 Å². The lowest BCUT2D eigenvalue weighted by molar-refractivity contribution is 0.0989. The molecule has 1 saturated carbocycles. The van der Waals surface area contributed by atoms with Gasteiger partial charge in [0.2, 0.25) is 0 Å². The molecule has 2 heteroatoms. The molecule has 0 aromatic heterocycles. The van der Waals surface area contributed by atoms with Crippen molar-refractivity contribution in [2.75, 3.05) is 6.61 Å². The van der Waals surface area contributed by atoms with E-state index in [1.165, 1.54) is 64.2 Å². The highest BCUT2D eigenvalue weighted by atomic mass is 16.5. The first kappa shape index (κ1) is 11.4. The van der Waals surface area contributed by atoms with Gasteiger partial charge in [0.25, 0.3) is 0 Å². The quantitative estimate of drug-likeness (QED) is 0.776. The molecule has 2 nitrogen and oxygen atoms in total. The zero-order chi connectivity index (χ0) is 10.6. The molecule has 1 saturated heterocycles. The van der Waals surface area contributed by atoms with Crippen LogP contribution < -0.4 is 5.73 Å². The van der Waals surface area contributed by atoms with Gasteiger partial charge in [-0.1, -0.05) is 19.3 Å². The van der Waals surface area contributed by atoms with E-state index < -0.39 is 0 Å². The summed E-state index contributed by atoms with van der Waals surface area (Å²) in [7, 11) is 0. The van der Waals surface area contributed by atoms with E-state index in [9.17, 15) is 0 Å². The Morgan fingerprint density at radius 2 is 1.93 bits per heavy atom. The fraction of sp³-hybridized carbons (Fsp3) is 1.00. The average molecular weight is 211 g/mol. The summed E-state index contributed by atoms with van der Waals surface area (Å²) in [6, 6.07) is 0. The van der Waals surface area contributed by atoms with E-state index in [0.29, 0.717) is 6.10 Å². The molecule has 1 atom stereocenters. The summed E-state index contributed by atoms with van der Waals surface area (Å²) < 4.78 is 5.63. The zero-order valence-electron chi connectivity index (χ0n) is 9.84. The van der Waals surface area contributed by atoms with Crippen molar-refractivity contribution in [3.63, 3.8) is 0 Å². The monoisotopic (exact) mass is 211 g/mol. The number of hydrogen-bond donors (Lipinski definition) is 1. The largest absolute Gasteiger partial charge is 0.378 e. The highest BCUT2D eigenvalue weighted by molar-refractivity contribution is 4.87. The Hall–Kier alpha value is -0.0800. The van der Waals surface area contributed by atoms with E-state index in [2.05, 4.69) is 0 Å². The Kier molecular flexibility index (Phi) is 4.04. The Balaban J connectivity index is 1.63. The Labute approximate surface area is 93.6 Å². The van der Waals surface area contributed by atoms with E-state index in [1.807, 2.05) is 0 Å². The number of ether oxygens (including phenoxy) is 1. The second-order valence-electron chi connectivity index (χ2n) is 5.45. The first-order valence-electron chi connectivity index (χ1n) is 6.69. The lowest BCUT2D eigenvalue weighted by atomic mass is 9.79. The zero-order valence-corrected chi connectivity index (χ0v) is 9.84. The van der Waals surface area contributed by atoms with Crippen molar-refractivity contribution < 1.29 is 4.74 Å². The lowest BCUT2D eigenvalue weighted by Crippen LogP contribution is -2.41. The fourth-order valence-corrected chi connectivity index (χ4v) is 3.06. The number of rotatable bonds is 4. The van der Waals surface area contributed by atoms with Crippen LogP contribution in [0.5, 0.6) is 0 Å². The van der Waals surface area contributed by atoms with E-state index in [1.54, 1.807) is 0 Å². The van der Waals surface area contributed by atoms with Gasteiger partial charge in [-0.25, -0.2) is 0 Å². The molecular weight excluding hydrogens is 186 g/mol. The molecule has 1 unspecified atom stereocenters. The van der Waals surface area contributed by atoms with Gasteiger partial charge in [-0.2, -0.15) is 0 Å². The standard InChI is InChI=1S/C13H25NO/c14-13(8-2-1-3-9-13)10-4-6-12-7-5-11-15-12/h12H,1-11,14H2. The van der Waals surface area contributed by atoms with E-state index in [0.717, 1.165) is 6.61 Å². The van der Waals surface area contributed by atoms with Gasteiger partial charge in [-0.05, 0) is 44.9 Å². The van der Waals surface area contributed by atoms with Crippen LogP contribution in [0.4, 0.5) is 0 Å². The van der Waals surface area contributed by atoms with Gasteiger partial charge in [0, 0.05) is 12.1 Å². The fourth-order valence-electron chi connectivity index (χ4n) is 3.06. The van der Waals surface area contributed by atoms with E-state index in [4.69, 9.17) is 10.5 Å². The summed E-state index contributed by atoms with van der Waals surface area (Å²) >= 11 is 0. The van der Waals surface area contributed by atoms with Gasteiger partial charge < -0.3 is 10.5 Å². The maximum Gasteiger partial charge on any atom is 0.0576 e. The summed E-state index contributed by atoms with van der Waals surface area (Å²) in [6.45, 7) is 0.985.